The molecule has 4 N–H and O–H groups in total. The normalized spacial score (nSPS) is 16.4. The minimum atomic E-state index is 0.0282. The fraction of sp³-hybridized carbons (Fsp3) is 0.875. The molecule has 1 fully saturated rings. The summed E-state index contributed by atoms with van der Waals surface area (Å²) in [6.07, 6.45) is 4.85. The first-order chi connectivity index (χ1) is 9.82. The van der Waals surface area contributed by atoms with Crippen LogP contribution in [0, 0.1) is 11.3 Å². The fourth-order valence-electron chi connectivity index (χ4n) is 2.45. The Hall–Kier alpha value is -1.10. The third-order valence-corrected chi connectivity index (χ3v) is 4.08. The van der Waals surface area contributed by atoms with Gasteiger partial charge in [-0.05, 0) is 43.6 Å². The lowest BCUT2D eigenvalue weighted by atomic mass is 9.76. The van der Waals surface area contributed by atoms with Crippen molar-refractivity contribution in [3.8, 4) is 0 Å². The summed E-state index contributed by atoms with van der Waals surface area (Å²) in [5.41, 5.74) is 5.82. The Morgan fingerprint density at radius 1 is 1.14 bits per heavy atom. The fourth-order valence-corrected chi connectivity index (χ4v) is 2.45. The van der Waals surface area contributed by atoms with Gasteiger partial charge < -0.3 is 16.4 Å². The molecule has 0 saturated heterocycles. The van der Waals surface area contributed by atoms with E-state index in [1.54, 1.807) is 0 Å². The topological polar surface area (TPSA) is 84.2 Å². The summed E-state index contributed by atoms with van der Waals surface area (Å²) < 4.78 is 0. The molecule has 1 rings (SSSR count). The molecule has 1 aliphatic rings. The molecule has 1 saturated carbocycles. The molecule has 0 aliphatic heterocycles. The van der Waals surface area contributed by atoms with Crippen LogP contribution in [-0.2, 0) is 9.59 Å². The average molecular weight is 297 g/mol. The maximum absolute atomic E-state index is 11.8. The molecule has 1 unspecified atom stereocenters. The molecule has 1 aliphatic carbocycles. The van der Waals surface area contributed by atoms with E-state index in [0.717, 1.165) is 25.7 Å². The first-order valence-corrected chi connectivity index (χ1v) is 8.09. The maximum Gasteiger partial charge on any atom is 0.221 e. The smallest absolute Gasteiger partial charge is 0.221 e. The number of carbonyl (C=O) groups excluding carboxylic acids is 2. The van der Waals surface area contributed by atoms with Gasteiger partial charge >= 0.3 is 0 Å². The quantitative estimate of drug-likeness (QED) is 0.604. The van der Waals surface area contributed by atoms with E-state index in [1.165, 1.54) is 0 Å². The molecular formula is C16H31N3O2. The molecule has 122 valence electrons. The van der Waals surface area contributed by atoms with Crippen LogP contribution in [0.3, 0.4) is 0 Å². The predicted octanol–water partition coefficient (Wildman–Crippen LogP) is 1.56. The Balaban J connectivity index is 2.15. The van der Waals surface area contributed by atoms with E-state index in [9.17, 15) is 9.59 Å². The Bertz CT molecular complexity index is 346. The second-order valence-corrected chi connectivity index (χ2v) is 7.12. The molecular weight excluding hydrogens is 266 g/mol. The number of nitrogens with one attached hydrogen (secondary N) is 2. The van der Waals surface area contributed by atoms with Crippen molar-refractivity contribution in [3.63, 3.8) is 0 Å². The zero-order valence-corrected chi connectivity index (χ0v) is 13.7. The number of hydrogen-bond acceptors (Lipinski definition) is 3. The van der Waals surface area contributed by atoms with Gasteiger partial charge in [-0.15, -0.1) is 0 Å². The minimum absolute atomic E-state index is 0.0282. The van der Waals surface area contributed by atoms with Gasteiger partial charge in [-0.3, -0.25) is 9.59 Å². The summed E-state index contributed by atoms with van der Waals surface area (Å²) >= 11 is 0. The van der Waals surface area contributed by atoms with E-state index in [4.69, 9.17) is 5.73 Å². The number of amides is 2. The van der Waals surface area contributed by atoms with Gasteiger partial charge in [0.2, 0.25) is 11.8 Å². The van der Waals surface area contributed by atoms with E-state index in [2.05, 4.69) is 31.4 Å². The highest BCUT2D eigenvalue weighted by molar-refractivity contribution is 5.79. The highest BCUT2D eigenvalue weighted by Crippen LogP contribution is 2.31. The van der Waals surface area contributed by atoms with Crippen LogP contribution in [0.2, 0.25) is 0 Å². The van der Waals surface area contributed by atoms with Crippen molar-refractivity contribution in [1.82, 2.24) is 10.6 Å². The van der Waals surface area contributed by atoms with Gasteiger partial charge in [0.15, 0.2) is 0 Å². The van der Waals surface area contributed by atoms with Crippen molar-refractivity contribution < 1.29 is 9.59 Å². The molecule has 2 amide bonds. The van der Waals surface area contributed by atoms with Crippen LogP contribution < -0.4 is 16.4 Å². The van der Waals surface area contributed by atoms with Crippen molar-refractivity contribution in [2.24, 2.45) is 17.1 Å². The largest absolute Gasteiger partial charge is 0.356 e. The van der Waals surface area contributed by atoms with E-state index in [1.807, 2.05) is 0 Å². The third kappa shape index (κ3) is 8.05. The number of carbonyl (C=O) groups is 2. The second kappa shape index (κ2) is 8.37. The minimum Gasteiger partial charge on any atom is -0.356 e. The van der Waals surface area contributed by atoms with Crippen LogP contribution in [0.25, 0.3) is 0 Å². The van der Waals surface area contributed by atoms with Crippen molar-refractivity contribution in [3.05, 3.63) is 0 Å². The van der Waals surface area contributed by atoms with Crippen molar-refractivity contribution in [2.75, 3.05) is 13.1 Å². The van der Waals surface area contributed by atoms with Crippen LogP contribution in [-0.4, -0.2) is 30.9 Å². The number of nitrogens with two attached hydrogens (primary N) is 1. The molecule has 0 heterocycles. The van der Waals surface area contributed by atoms with Gasteiger partial charge in [-0.25, -0.2) is 0 Å². The molecule has 0 aromatic carbocycles. The van der Waals surface area contributed by atoms with Crippen molar-refractivity contribution in [1.29, 1.82) is 0 Å². The van der Waals surface area contributed by atoms with Crippen LogP contribution in [0.4, 0.5) is 0 Å². The summed E-state index contributed by atoms with van der Waals surface area (Å²) in [4.78, 5) is 23.3. The summed E-state index contributed by atoms with van der Waals surface area (Å²) in [5.74, 6) is 0.514. The van der Waals surface area contributed by atoms with Gasteiger partial charge in [0.05, 0.1) is 0 Å². The Morgan fingerprint density at radius 2 is 1.81 bits per heavy atom. The van der Waals surface area contributed by atoms with Crippen LogP contribution in [0.15, 0.2) is 0 Å². The van der Waals surface area contributed by atoms with Gasteiger partial charge in [0.1, 0.15) is 0 Å². The SMILES string of the molecule is CC(C)(C)C(CCN)CCC(=O)NCCC(=O)NC1CC1. The summed E-state index contributed by atoms with van der Waals surface area (Å²) in [5, 5.41) is 5.74. The average Bonchev–Trinajstić information content (AvgIpc) is 3.16. The van der Waals surface area contributed by atoms with Gasteiger partial charge in [-0.1, -0.05) is 20.8 Å². The molecule has 0 aromatic heterocycles. The Kier molecular flexibility index (Phi) is 7.15. The van der Waals surface area contributed by atoms with Gasteiger partial charge in [0.25, 0.3) is 0 Å². The monoisotopic (exact) mass is 297 g/mol. The van der Waals surface area contributed by atoms with Gasteiger partial charge in [0, 0.05) is 25.4 Å². The van der Waals surface area contributed by atoms with E-state index in [0.29, 0.717) is 37.9 Å². The second-order valence-electron chi connectivity index (χ2n) is 7.12. The zero-order valence-electron chi connectivity index (χ0n) is 13.7. The lowest BCUT2D eigenvalue weighted by Crippen LogP contribution is -2.32. The Labute approximate surface area is 128 Å². The zero-order chi connectivity index (χ0) is 15.9. The Morgan fingerprint density at radius 3 is 2.33 bits per heavy atom. The molecule has 0 radical (unpaired) electrons. The molecule has 5 heteroatoms. The van der Waals surface area contributed by atoms with Crippen LogP contribution in [0.1, 0.15) is 59.3 Å². The van der Waals surface area contributed by atoms with Crippen molar-refractivity contribution in [2.45, 2.75) is 65.3 Å². The first-order valence-electron chi connectivity index (χ1n) is 8.09. The predicted molar refractivity (Wildman–Crippen MR) is 84.6 cm³/mol. The number of rotatable bonds is 9. The summed E-state index contributed by atoms with van der Waals surface area (Å²) in [7, 11) is 0. The third-order valence-electron chi connectivity index (χ3n) is 4.08. The van der Waals surface area contributed by atoms with E-state index in [-0.39, 0.29) is 17.2 Å². The summed E-state index contributed by atoms with van der Waals surface area (Å²) in [6.45, 7) is 7.65. The lowest BCUT2D eigenvalue weighted by molar-refractivity contribution is -0.122. The van der Waals surface area contributed by atoms with E-state index >= 15 is 0 Å². The van der Waals surface area contributed by atoms with Crippen molar-refractivity contribution >= 4 is 11.8 Å². The highest BCUT2D eigenvalue weighted by atomic mass is 16.2. The molecule has 0 bridgehead atoms. The first kappa shape index (κ1) is 18.0. The van der Waals surface area contributed by atoms with E-state index < -0.39 is 0 Å². The molecule has 1 atom stereocenters. The van der Waals surface area contributed by atoms with Gasteiger partial charge in [-0.2, -0.15) is 0 Å². The standard InChI is InChI=1S/C16H31N3O2/c1-16(2,3)12(8-10-17)4-7-14(20)18-11-9-15(21)19-13-5-6-13/h12-13H,4-11,17H2,1-3H3,(H,18,20)(H,19,21). The maximum atomic E-state index is 11.8. The molecule has 0 aromatic rings. The van der Waals surface area contributed by atoms with Crippen LogP contribution in [0.5, 0.6) is 0 Å². The molecule has 5 nitrogen and oxygen atoms in total. The number of hydrogen-bond donors (Lipinski definition) is 3. The highest BCUT2D eigenvalue weighted by Gasteiger charge is 2.24. The summed E-state index contributed by atoms with van der Waals surface area (Å²) in [6, 6.07) is 0.386. The molecule has 0 spiro atoms. The lowest BCUT2D eigenvalue weighted by Gasteiger charge is -2.30. The molecule has 21 heavy (non-hydrogen) atoms. The van der Waals surface area contributed by atoms with Crippen LogP contribution >= 0.6 is 0 Å².